The number of rotatable bonds is 5. The molecule has 7 heteroatoms. The van der Waals surface area contributed by atoms with Crippen LogP contribution >= 0.6 is 12.4 Å². The predicted octanol–water partition coefficient (Wildman–Crippen LogP) is 1.23. The highest BCUT2D eigenvalue weighted by molar-refractivity contribution is 7.88. The summed E-state index contributed by atoms with van der Waals surface area (Å²) in [4.78, 5) is 0. The second-order valence-electron chi connectivity index (χ2n) is 4.86. The normalized spacial score (nSPS) is 19.6. The van der Waals surface area contributed by atoms with Crippen LogP contribution in [-0.2, 0) is 15.8 Å². The molecule has 1 aromatic carbocycles. The molecule has 1 unspecified atom stereocenters. The first-order chi connectivity index (χ1) is 9.05. The summed E-state index contributed by atoms with van der Waals surface area (Å²) in [5.41, 5.74) is 6.34. The van der Waals surface area contributed by atoms with Gasteiger partial charge in [0, 0.05) is 13.1 Å². The van der Waals surface area contributed by atoms with Crippen LogP contribution in [0.2, 0.25) is 0 Å². The molecule has 114 valence electrons. The second-order valence-corrected chi connectivity index (χ2v) is 6.83. The number of hydrogen-bond donors (Lipinski definition) is 1. The number of nitrogens with two attached hydrogens (primary N) is 1. The number of hydrogen-bond acceptors (Lipinski definition) is 4. The molecule has 0 bridgehead atoms. The van der Waals surface area contributed by atoms with E-state index >= 15 is 0 Å². The predicted molar refractivity (Wildman–Crippen MR) is 81.6 cm³/mol. The van der Waals surface area contributed by atoms with Crippen LogP contribution in [0.25, 0.3) is 0 Å². The zero-order chi connectivity index (χ0) is 13.9. The molecule has 0 spiro atoms. The minimum Gasteiger partial charge on any atom is -0.497 e. The van der Waals surface area contributed by atoms with E-state index in [0.717, 1.165) is 12.0 Å². The Kier molecular flexibility index (Phi) is 6.26. The lowest BCUT2D eigenvalue weighted by Crippen LogP contribution is -2.31. The Morgan fingerprint density at radius 2 is 2.20 bits per heavy atom. The monoisotopic (exact) mass is 320 g/mol. The zero-order valence-electron chi connectivity index (χ0n) is 11.5. The summed E-state index contributed by atoms with van der Waals surface area (Å²) in [5, 5.41) is 0. The van der Waals surface area contributed by atoms with Crippen LogP contribution < -0.4 is 10.5 Å². The molecule has 5 nitrogen and oxygen atoms in total. The van der Waals surface area contributed by atoms with Crippen molar-refractivity contribution >= 4 is 22.4 Å². The van der Waals surface area contributed by atoms with Crippen molar-refractivity contribution in [1.82, 2.24) is 4.31 Å². The number of methoxy groups -OCH3 is 1. The smallest absolute Gasteiger partial charge is 0.218 e. The van der Waals surface area contributed by atoms with Gasteiger partial charge in [0.2, 0.25) is 10.0 Å². The summed E-state index contributed by atoms with van der Waals surface area (Å²) in [5.74, 6) is 0.982. The molecule has 1 aliphatic heterocycles. The zero-order valence-corrected chi connectivity index (χ0v) is 13.1. The van der Waals surface area contributed by atoms with Gasteiger partial charge >= 0.3 is 0 Å². The minimum atomic E-state index is -3.26. The summed E-state index contributed by atoms with van der Waals surface area (Å²) in [6.07, 6.45) is 0.855. The number of benzene rings is 1. The highest BCUT2D eigenvalue weighted by Crippen LogP contribution is 2.22. The quantitative estimate of drug-likeness (QED) is 0.885. The average Bonchev–Trinajstić information content (AvgIpc) is 2.88. The van der Waals surface area contributed by atoms with Crippen molar-refractivity contribution in [1.29, 1.82) is 0 Å². The number of nitrogens with zero attached hydrogens (tertiary/aromatic N) is 1. The van der Waals surface area contributed by atoms with E-state index in [1.807, 2.05) is 0 Å². The summed E-state index contributed by atoms with van der Waals surface area (Å²) in [6.45, 7) is 1.67. The van der Waals surface area contributed by atoms with Crippen LogP contribution in [0.3, 0.4) is 0 Å². The first-order valence-electron chi connectivity index (χ1n) is 6.36. The molecule has 0 aliphatic carbocycles. The molecule has 1 saturated heterocycles. The van der Waals surface area contributed by atoms with Gasteiger partial charge in [-0.3, -0.25) is 0 Å². The summed E-state index contributed by atoms with van der Waals surface area (Å²) in [7, 11) is -1.69. The fourth-order valence-corrected chi connectivity index (χ4v) is 3.91. The standard InChI is InChI=1S/C13H20N2O3S.ClH/c1-18-13-4-2-3-11(7-13)10-19(16,17)15-6-5-12(8-14)9-15;/h2-4,7,12H,5-6,8-10,14H2,1H3;1H. The third-order valence-electron chi connectivity index (χ3n) is 3.46. The van der Waals surface area contributed by atoms with E-state index in [1.165, 1.54) is 0 Å². The summed E-state index contributed by atoms with van der Waals surface area (Å²) < 4.78 is 31.3. The highest BCUT2D eigenvalue weighted by atomic mass is 35.5. The Hall–Kier alpha value is -0.820. The SMILES string of the molecule is COc1cccc(CS(=O)(=O)N2CCC(CN)C2)c1.Cl. The van der Waals surface area contributed by atoms with Crippen LogP contribution in [0.4, 0.5) is 0 Å². The van der Waals surface area contributed by atoms with Gasteiger partial charge < -0.3 is 10.5 Å². The largest absolute Gasteiger partial charge is 0.497 e. The van der Waals surface area contributed by atoms with E-state index in [2.05, 4.69) is 0 Å². The molecule has 1 atom stereocenters. The van der Waals surface area contributed by atoms with Crippen molar-refractivity contribution < 1.29 is 13.2 Å². The minimum absolute atomic E-state index is 0. The van der Waals surface area contributed by atoms with Crippen molar-refractivity contribution in [2.75, 3.05) is 26.7 Å². The lowest BCUT2D eigenvalue weighted by Gasteiger charge is -2.16. The van der Waals surface area contributed by atoms with Gasteiger partial charge in [-0.05, 0) is 36.6 Å². The molecule has 20 heavy (non-hydrogen) atoms. The molecule has 0 aromatic heterocycles. The molecule has 0 saturated carbocycles. The fraction of sp³-hybridized carbons (Fsp3) is 0.538. The molecule has 2 rings (SSSR count). The van der Waals surface area contributed by atoms with Crippen LogP contribution in [0.1, 0.15) is 12.0 Å². The Bertz CT molecular complexity index is 536. The molecular formula is C13H21ClN2O3S. The maximum Gasteiger partial charge on any atom is 0.218 e. The maximum absolute atomic E-state index is 12.3. The van der Waals surface area contributed by atoms with Gasteiger partial charge in [0.25, 0.3) is 0 Å². The van der Waals surface area contributed by atoms with Crippen LogP contribution in [0.15, 0.2) is 24.3 Å². The van der Waals surface area contributed by atoms with E-state index in [-0.39, 0.29) is 18.2 Å². The van der Waals surface area contributed by atoms with Gasteiger partial charge in [-0.25, -0.2) is 12.7 Å². The fourth-order valence-electron chi connectivity index (χ4n) is 2.31. The van der Waals surface area contributed by atoms with Crippen molar-refractivity contribution in [2.24, 2.45) is 11.7 Å². The Morgan fingerprint density at radius 1 is 1.45 bits per heavy atom. The number of ether oxygens (including phenoxy) is 1. The Balaban J connectivity index is 0.00000200. The third kappa shape index (κ3) is 4.09. The van der Waals surface area contributed by atoms with Crippen molar-refractivity contribution in [3.05, 3.63) is 29.8 Å². The van der Waals surface area contributed by atoms with Gasteiger partial charge in [0.15, 0.2) is 0 Å². The highest BCUT2D eigenvalue weighted by Gasteiger charge is 2.30. The third-order valence-corrected chi connectivity index (χ3v) is 5.28. The maximum atomic E-state index is 12.3. The van der Waals surface area contributed by atoms with Gasteiger partial charge in [-0.15, -0.1) is 12.4 Å². The van der Waals surface area contributed by atoms with E-state index in [9.17, 15) is 8.42 Å². The second kappa shape index (κ2) is 7.26. The average molecular weight is 321 g/mol. The lowest BCUT2D eigenvalue weighted by atomic mass is 10.1. The number of halogens is 1. The molecule has 1 heterocycles. The summed E-state index contributed by atoms with van der Waals surface area (Å²) >= 11 is 0. The van der Waals surface area contributed by atoms with E-state index < -0.39 is 10.0 Å². The Labute approximate surface area is 126 Å². The number of sulfonamides is 1. The molecule has 2 N–H and O–H groups in total. The van der Waals surface area contributed by atoms with Gasteiger partial charge in [-0.1, -0.05) is 12.1 Å². The molecule has 1 fully saturated rings. The van der Waals surface area contributed by atoms with Crippen molar-refractivity contribution in [3.63, 3.8) is 0 Å². The van der Waals surface area contributed by atoms with E-state index in [0.29, 0.717) is 31.3 Å². The van der Waals surface area contributed by atoms with Gasteiger partial charge in [-0.2, -0.15) is 0 Å². The van der Waals surface area contributed by atoms with Gasteiger partial charge in [0.05, 0.1) is 12.9 Å². The molecule has 0 radical (unpaired) electrons. The molecule has 1 aromatic rings. The first kappa shape index (κ1) is 17.2. The molecule has 1 aliphatic rings. The first-order valence-corrected chi connectivity index (χ1v) is 7.97. The van der Waals surface area contributed by atoms with E-state index in [1.54, 1.807) is 35.7 Å². The van der Waals surface area contributed by atoms with Gasteiger partial charge in [0.1, 0.15) is 5.75 Å². The van der Waals surface area contributed by atoms with Crippen LogP contribution in [0.5, 0.6) is 5.75 Å². The Morgan fingerprint density at radius 3 is 2.80 bits per heavy atom. The van der Waals surface area contributed by atoms with Crippen molar-refractivity contribution in [3.8, 4) is 5.75 Å². The van der Waals surface area contributed by atoms with Crippen molar-refractivity contribution in [2.45, 2.75) is 12.2 Å². The van der Waals surface area contributed by atoms with E-state index in [4.69, 9.17) is 10.5 Å². The molecular weight excluding hydrogens is 300 g/mol. The topological polar surface area (TPSA) is 72.6 Å². The van der Waals surface area contributed by atoms with Crippen LogP contribution in [0, 0.1) is 5.92 Å². The van der Waals surface area contributed by atoms with Crippen LogP contribution in [-0.4, -0.2) is 39.5 Å². The summed E-state index contributed by atoms with van der Waals surface area (Å²) in [6, 6.07) is 7.16. The lowest BCUT2D eigenvalue weighted by molar-refractivity contribution is 0.414. The molecule has 0 amide bonds.